The van der Waals surface area contributed by atoms with Crippen LogP contribution in [0, 0.1) is 0 Å². The molecule has 0 heterocycles. The van der Waals surface area contributed by atoms with Gasteiger partial charge in [-0.1, -0.05) is 18.2 Å². The molecule has 0 fully saturated rings. The van der Waals surface area contributed by atoms with Gasteiger partial charge in [-0.2, -0.15) is 4.31 Å². The summed E-state index contributed by atoms with van der Waals surface area (Å²) >= 11 is 0. The molecule has 8 nitrogen and oxygen atoms in total. The lowest BCUT2D eigenvalue weighted by molar-refractivity contribution is -0.121. The van der Waals surface area contributed by atoms with Crippen LogP contribution in [0.25, 0.3) is 0 Å². The molecule has 1 amide bonds. The summed E-state index contributed by atoms with van der Waals surface area (Å²) in [5.74, 6) is 0.912. The number of likely N-dealkylation sites (N-methyl/N-ethyl adjacent to an activating group) is 1. The quantitative estimate of drug-likeness (QED) is 0.678. The lowest BCUT2D eigenvalue weighted by Crippen LogP contribution is -2.38. The SMILES string of the molecule is COc1ccc(CNC(=O)CN(C)S(=O)(=O)c2ccccc2)c(OC)c1OC. The Morgan fingerprint density at radius 1 is 0.964 bits per heavy atom. The van der Waals surface area contributed by atoms with Gasteiger partial charge in [-0.3, -0.25) is 4.79 Å². The molecule has 0 spiro atoms. The van der Waals surface area contributed by atoms with Crippen LogP contribution in [-0.2, 0) is 21.4 Å². The molecule has 0 unspecified atom stereocenters. The van der Waals surface area contributed by atoms with Crippen molar-refractivity contribution in [3.63, 3.8) is 0 Å². The van der Waals surface area contributed by atoms with Gasteiger partial charge in [0.2, 0.25) is 21.7 Å². The number of hydrogen-bond donors (Lipinski definition) is 1. The highest BCUT2D eigenvalue weighted by molar-refractivity contribution is 7.89. The van der Waals surface area contributed by atoms with E-state index < -0.39 is 15.9 Å². The maximum atomic E-state index is 12.5. The van der Waals surface area contributed by atoms with Crippen molar-refractivity contribution in [1.29, 1.82) is 0 Å². The largest absolute Gasteiger partial charge is 0.493 e. The number of benzene rings is 2. The molecule has 0 saturated heterocycles. The Bertz CT molecular complexity index is 916. The lowest BCUT2D eigenvalue weighted by Gasteiger charge is -2.18. The third-order valence-corrected chi connectivity index (χ3v) is 5.90. The van der Waals surface area contributed by atoms with E-state index in [1.807, 2.05) is 0 Å². The maximum absolute atomic E-state index is 12.5. The number of nitrogens with zero attached hydrogens (tertiary/aromatic N) is 1. The fourth-order valence-corrected chi connectivity index (χ4v) is 3.76. The van der Waals surface area contributed by atoms with Gasteiger partial charge in [-0.05, 0) is 24.3 Å². The summed E-state index contributed by atoms with van der Waals surface area (Å²) in [6.07, 6.45) is 0. The first kappa shape index (κ1) is 21.5. The van der Waals surface area contributed by atoms with Crippen LogP contribution in [0.2, 0.25) is 0 Å². The highest BCUT2D eigenvalue weighted by atomic mass is 32.2. The average molecular weight is 408 g/mol. The Hall–Kier alpha value is -2.78. The molecule has 1 N–H and O–H groups in total. The number of nitrogens with one attached hydrogen (secondary N) is 1. The van der Waals surface area contributed by atoms with Gasteiger partial charge < -0.3 is 19.5 Å². The Balaban J connectivity index is 2.07. The van der Waals surface area contributed by atoms with Gasteiger partial charge in [0.15, 0.2) is 11.5 Å². The first-order chi connectivity index (χ1) is 13.3. The van der Waals surface area contributed by atoms with Gasteiger partial charge in [-0.15, -0.1) is 0 Å². The monoisotopic (exact) mass is 408 g/mol. The summed E-state index contributed by atoms with van der Waals surface area (Å²) in [6.45, 7) is -0.172. The predicted molar refractivity (Wildman–Crippen MR) is 104 cm³/mol. The van der Waals surface area contributed by atoms with Crippen LogP contribution in [0.15, 0.2) is 47.4 Å². The molecule has 0 atom stereocenters. The molecule has 0 aliphatic heterocycles. The summed E-state index contributed by atoms with van der Waals surface area (Å²) in [5.41, 5.74) is 0.669. The van der Waals surface area contributed by atoms with E-state index in [-0.39, 0.29) is 18.0 Å². The number of hydrogen-bond acceptors (Lipinski definition) is 6. The average Bonchev–Trinajstić information content (AvgIpc) is 2.71. The van der Waals surface area contributed by atoms with E-state index in [1.54, 1.807) is 30.3 Å². The van der Waals surface area contributed by atoms with E-state index in [9.17, 15) is 13.2 Å². The molecular formula is C19H24N2O6S. The lowest BCUT2D eigenvalue weighted by atomic mass is 10.1. The van der Waals surface area contributed by atoms with Gasteiger partial charge in [0.05, 0.1) is 32.8 Å². The van der Waals surface area contributed by atoms with Crippen LogP contribution in [0.3, 0.4) is 0 Å². The summed E-state index contributed by atoms with van der Waals surface area (Å²) in [7, 11) is 2.12. The van der Waals surface area contributed by atoms with Crippen LogP contribution in [0.5, 0.6) is 17.2 Å². The minimum atomic E-state index is -3.74. The molecule has 0 radical (unpaired) electrons. The number of carbonyl (C=O) groups is 1. The molecular weight excluding hydrogens is 384 g/mol. The molecule has 2 aromatic carbocycles. The summed E-state index contributed by atoms with van der Waals surface area (Å²) in [6, 6.07) is 11.4. The van der Waals surface area contributed by atoms with Gasteiger partial charge in [-0.25, -0.2) is 8.42 Å². The van der Waals surface area contributed by atoms with E-state index in [0.717, 1.165) is 4.31 Å². The molecule has 0 aliphatic carbocycles. The van der Waals surface area contributed by atoms with Crippen molar-refractivity contribution in [2.24, 2.45) is 0 Å². The topological polar surface area (TPSA) is 94.2 Å². The third-order valence-electron chi connectivity index (χ3n) is 4.08. The van der Waals surface area contributed by atoms with Crippen LogP contribution in [-0.4, -0.2) is 53.6 Å². The molecule has 9 heteroatoms. The van der Waals surface area contributed by atoms with Crippen molar-refractivity contribution in [2.45, 2.75) is 11.4 Å². The van der Waals surface area contributed by atoms with Crippen LogP contribution in [0.4, 0.5) is 0 Å². The van der Waals surface area contributed by atoms with E-state index in [4.69, 9.17) is 14.2 Å². The van der Waals surface area contributed by atoms with E-state index in [0.29, 0.717) is 22.8 Å². The molecule has 0 aliphatic rings. The second kappa shape index (κ2) is 9.43. The maximum Gasteiger partial charge on any atom is 0.243 e. The van der Waals surface area contributed by atoms with Crippen LogP contribution < -0.4 is 19.5 Å². The Kier molecular flexibility index (Phi) is 7.24. The number of sulfonamides is 1. The van der Waals surface area contributed by atoms with Crippen molar-refractivity contribution in [1.82, 2.24) is 9.62 Å². The fraction of sp³-hybridized carbons (Fsp3) is 0.316. The second-order valence-electron chi connectivity index (χ2n) is 5.84. The summed E-state index contributed by atoms with van der Waals surface area (Å²) < 4.78 is 41.9. The Morgan fingerprint density at radius 2 is 1.61 bits per heavy atom. The predicted octanol–water partition coefficient (Wildman–Crippen LogP) is 1.65. The molecule has 2 aromatic rings. The van der Waals surface area contributed by atoms with Crippen molar-refractivity contribution < 1.29 is 27.4 Å². The number of ether oxygens (including phenoxy) is 3. The fourth-order valence-electron chi connectivity index (χ4n) is 2.61. The Morgan fingerprint density at radius 3 is 2.18 bits per heavy atom. The molecule has 28 heavy (non-hydrogen) atoms. The van der Waals surface area contributed by atoms with Gasteiger partial charge in [0.1, 0.15) is 0 Å². The van der Waals surface area contributed by atoms with Gasteiger partial charge in [0.25, 0.3) is 0 Å². The van der Waals surface area contributed by atoms with Crippen molar-refractivity contribution in [3.05, 3.63) is 48.0 Å². The summed E-state index contributed by atoms with van der Waals surface area (Å²) in [5, 5.41) is 2.70. The minimum absolute atomic E-state index is 0.131. The first-order valence-electron chi connectivity index (χ1n) is 8.41. The van der Waals surface area contributed by atoms with Gasteiger partial charge in [0, 0.05) is 19.2 Å². The molecule has 0 saturated carbocycles. The molecule has 0 bridgehead atoms. The molecule has 152 valence electrons. The second-order valence-corrected chi connectivity index (χ2v) is 7.89. The zero-order valence-corrected chi connectivity index (χ0v) is 17.1. The van der Waals surface area contributed by atoms with Crippen molar-refractivity contribution in [2.75, 3.05) is 34.9 Å². The zero-order chi connectivity index (χ0) is 20.7. The number of carbonyl (C=O) groups excluding carboxylic acids is 1. The van der Waals surface area contributed by atoms with Crippen LogP contribution >= 0.6 is 0 Å². The Labute approximate surface area is 165 Å². The first-order valence-corrected chi connectivity index (χ1v) is 9.85. The minimum Gasteiger partial charge on any atom is -0.493 e. The van der Waals surface area contributed by atoms with E-state index in [2.05, 4.69) is 5.32 Å². The van der Waals surface area contributed by atoms with Crippen molar-refractivity contribution >= 4 is 15.9 Å². The molecule has 0 aromatic heterocycles. The van der Waals surface area contributed by atoms with E-state index >= 15 is 0 Å². The molecule has 2 rings (SSSR count). The standard InChI is InChI=1S/C19H24N2O6S/c1-21(28(23,24)15-8-6-5-7-9-15)13-17(22)20-12-14-10-11-16(25-2)19(27-4)18(14)26-3/h5-11H,12-13H2,1-4H3,(H,20,22). The highest BCUT2D eigenvalue weighted by Gasteiger charge is 2.23. The van der Waals surface area contributed by atoms with Crippen LogP contribution in [0.1, 0.15) is 5.56 Å². The summed E-state index contributed by atoms with van der Waals surface area (Å²) in [4.78, 5) is 12.4. The zero-order valence-electron chi connectivity index (χ0n) is 16.3. The third kappa shape index (κ3) is 4.73. The number of amides is 1. The number of rotatable bonds is 9. The smallest absolute Gasteiger partial charge is 0.243 e. The van der Waals surface area contributed by atoms with E-state index in [1.165, 1.54) is 40.5 Å². The normalized spacial score (nSPS) is 11.2. The number of methoxy groups -OCH3 is 3. The highest BCUT2D eigenvalue weighted by Crippen LogP contribution is 2.39. The van der Waals surface area contributed by atoms with Crippen molar-refractivity contribution in [3.8, 4) is 17.2 Å². The van der Waals surface area contributed by atoms with Gasteiger partial charge >= 0.3 is 0 Å².